The molecule has 11 nitrogen and oxygen atoms in total. The summed E-state index contributed by atoms with van der Waals surface area (Å²) in [6.45, 7) is 4.25. The third-order valence-corrected chi connectivity index (χ3v) is 4.51. The second-order valence-corrected chi connectivity index (χ2v) is 7.37. The molecule has 0 aliphatic carbocycles. The van der Waals surface area contributed by atoms with Gasteiger partial charge < -0.3 is 29.0 Å². The highest BCUT2D eigenvalue weighted by atomic mass is 16.7. The molecule has 5 atom stereocenters. The van der Waals surface area contributed by atoms with Crippen molar-refractivity contribution in [2.75, 3.05) is 6.61 Å². The molecule has 1 aliphatic rings. The third kappa shape index (κ3) is 8.19. The average Bonchev–Trinajstić information content (AvgIpc) is 2.70. The molecule has 0 spiro atoms. The summed E-state index contributed by atoms with van der Waals surface area (Å²) in [5.74, 6) is -3.32. The molecule has 0 aromatic heterocycles. The lowest BCUT2D eigenvalue weighted by atomic mass is 9.96. The van der Waals surface area contributed by atoms with Crippen molar-refractivity contribution in [1.29, 1.82) is 0 Å². The van der Waals surface area contributed by atoms with Crippen LogP contribution >= 0.6 is 0 Å². The molecule has 180 valence electrons. The quantitative estimate of drug-likeness (QED) is 0.424. The highest BCUT2D eigenvalue weighted by Crippen LogP contribution is 2.28. The first-order valence-corrected chi connectivity index (χ1v) is 10.2. The van der Waals surface area contributed by atoms with Gasteiger partial charge in [0, 0.05) is 27.7 Å². The number of hydrogen-bond donors (Lipinski definition) is 1. The van der Waals surface area contributed by atoms with E-state index in [4.69, 9.17) is 23.7 Å². The molecule has 1 aromatic rings. The number of carbonyl (C=O) groups excluding carboxylic acids is 5. The zero-order valence-corrected chi connectivity index (χ0v) is 18.8. The Labute approximate surface area is 190 Å². The van der Waals surface area contributed by atoms with Gasteiger partial charge >= 0.3 is 23.9 Å². The number of carbonyl (C=O) groups is 5. The van der Waals surface area contributed by atoms with Crippen LogP contribution in [0.3, 0.4) is 0 Å². The first-order chi connectivity index (χ1) is 15.6. The molecule has 33 heavy (non-hydrogen) atoms. The molecule has 1 aliphatic heterocycles. The topological polar surface area (TPSA) is 144 Å². The van der Waals surface area contributed by atoms with Crippen LogP contribution in [-0.4, -0.2) is 67.0 Å². The van der Waals surface area contributed by atoms with Gasteiger partial charge in [0.15, 0.2) is 12.2 Å². The summed E-state index contributed by atoms with van der Waals surface area (Å²) in [6, 6.07) is 7.57. The molecule has 0 bridgehead atoms. The fraction of sp³-hybridized carbons (Fsp3) is 0.500. The smallest absolute Gasteiger partial charge is 0.312 e. The Kier molecular flexibility index (Phi) is 9.34. The second-order valence-electron chi connectivity index (χ2n) is 7.37. The monoisotopic (exact) mass is 465 g/mol. The van der Waals surface area contributed by atoms with E-state index < -0.39 is 60.4 Å². The number of esters is 4. The first-order valence-electron chi connectivity index (χ1n) is 10.2. The van der Waals surface area contributed by atoms with Gasteiger partial charge in [0.1, 0.15) is 18.8 Å². The molecule has 1 fully saturated rings. The lowest BCUT2D eigenvalue weighted by Crippen LogP contribution is -2.66. The van der Waals surface area contributed by atoms with Crippen LogP contribution in [0, 0.1) is 0 Å². The number of ether oxygens (including phenoxy) is 5. The van der Waals surface area contributed by atoms with Crippen molar-refractivity contribution in [3.8, 4) is 0 Å². The fourth-order valence-corrected chi connectivity index (χ4v) is 3.33. The molecule has 0 saturated carbocycles. The molecule has 1 heterocycles. The normalized spacial score (nSPS) is 24.2. The molecule has 0 unspecified atom stereocenters. The fourth-order valence-electron chi connectivity index (χ4n) is 3.33. The molecular weight excluding hydrogens is 438 g/mol. The van der Waals surface area contributed by atoms with Gasteiger partial charge in [-0.3, -0.25) is 24.0 Å². The van der Waals surface area contributed by atoms with Crippen LogP contribution in [0.5, 0.6) is 0 Å². The van der Waals surface area contributed by atoms with Crippen LogP contribution in [0.1, 0.15) is 33.3 Å². The van der Waals surface area contributed by atoms with Crippen LogP contribution in [-0.2, 0) is 54.1 Å². The Balaban J connectivity index is 2.35. The minimum Gasteiger partial charge on any atom is -0.463 e. The maximum Gasteiger partial charge on any atom is 0.312 e. The lowest BCUT2D eigenvalue weighted by molar-refractivity contribution is -0.271. The van der Waals surface area contributed by atoms with Crippen molar-refractivity contribution in [3.63, 3.8) is 0 Å². The van der Waals surface area contributed by atoms with Crippen molar-refractivity contribution in [2.45, 2.75) is 64.8 Å². The van der Waals surface area contributed by atoms with Crippen LogP contribution in [0.2, 0.25) is 0 Å². The summed E-state index contributed by atoms with van der Waals surface area (Å²) < 4.78 is 26.9. The predicted octanol–water partition coefficient (Wildman–Crippen LogP) is 0.428. The number of benzene rings is 1. The summed E-state index contributed by atoms with van der Waals surface area (Å²) in [6.07, 6.45) is -5.22. The zero-order valence-electron chi connectivity index (χ0n) is 18.8. The average molecular weight is 465 g/mol. The predicted molar refractivity (Wildman–Crippen MR) is 110 cm³/mol. The Morgan fingerprint density at radius 1 is 0.848 bits per heavy atom. The van der Waals surface area contributed by atoms with Gasteiger partial charge in [-0.1, -0.05) is 30.3 Å². The number of nitrogens with one attached hydrogen (secondary N) is 1. The summed E-state index contributed by atoms with van der Waals surface area (Å²) in [5.41, 5.74) is 0.681. The van der Waals surface area contributed by atoms with E-state index in [9.17, 15) is 24.0 Å². The van der Waals surface area contributed by atoms with Crippen LogP contribution in [0.15, 0.2) is 30.3 Å². The molecule has 0 radical (unpaired) electrons. The summed E-state index contributed by atoms with van der Waals surface area (Å²) in [4.78, 5) is 59.3. The van der Waals surface area contributed by atoms with E-state index >= 15 is 0 Å². The Bertz CT molecular complexity index is 871. The van der Waals surface area contributed by atoms with Gasteiger partial charge in [-0.15, -0.1) is 0 Å². The van der Waals surface area contributed by atoms with Crippen molar-refractivity contribution in [3.05, 3.63) is 35.9 Å². The van der Waals surface area contributed by atoms with Gasteiger partial charge in [-0.05, 0) is 5.56 Å². The second kappa shape index (κ2) is 12.0. The maximum atomic E-state index is 12.6. The maximum absolute atomic E-state index is 12.6. The summed E-state index contributed by atoms with van der Waals surface area (Å²) in [7, 11) is 0. The van der Waals surface area contributed by atoms with E-state index in [0.29, 0.717) is 5.56 Å². The number of rotatable bonds is 8. The van der Waals surface area contributed by atoms with Crippen molar-refractivity contribution < 1.29 is 47.7 Å². The largest absolute Gasteiger partial charge is 0.463 e. The highest BCUT2D eigenvalue weighted by molar-refractivity contribution is 5.75. The minimum absolute atomic E-state index is 0.0896. The van der Waals surface area contributed by atoms with Crippen LogP contribution in [0.25, 0.3) is 0 Å². The van der Waals surface area contributed by atoms with E-state index in [-0.39, 0.29) is 13.0 Å². The van der Waals surface area contributed by atoms with E-state index in [1.807, 2.05) is 0 Å². The van der Waals surface area contributed by atoms with Crippen LogP contribution < -0.4 is 5.32 Å². The van der Waals surface area contributed by atoms with E-state index in [1.54, 1.807) is 30.3 Å². The molecule has 1 amide bonds. The van der Waals surface area contributed by atoms with Gasteiger partial charge in [0.2, 0.25) is 12.2 Å². The highest BCUT2D eigenvalue weighted by Gasteiger charge is 2.52. The van der Waals surface area contributed by atoms with Gasteiger partial charge in [0.25, 0.3) is 0 Å². The molecule has 11 heteroatoms. The minimum atomic E-state index is -1.43. The zero-order chi connectivity index (χ0) is 24.5. The Hall–Kier alpha value is -3.47. The SMILES string of the molecule is CC(=O)N[C@@H]1[C@H](OC(=O)Cc2ccccc2)O[C@H](COC(C)=O)[C@@H](OC(C)=O)[C@H]1OC(C)=O. The molecule has 2 rings (SSSR count). The van der Waals surface area contributed by atoms with Crippen molar-refractivity contribution in [1.82, 2.24) is 5.32 Å². The van der Waals surface area contributed by atoms with Crippen molar-refractivity contribution >= 4 is 29.8 Å². The Morgan fingerprint density at radius 2 is 1.45 bits per heavy atom. The standard InChI is InChI=1S/C22H27NO10/c1-12(24)23-19-21(31-15(4)27)20(30-14(3)26)17(11-29-13(2)25)32-22(19)33-18(28)10-16-8-6-5-7-9-16/h5-9,17,19-22H,10-11H2,1-4H3,(H,23,24)/t17-,19+,20-,21+,22+/m1/s1. The first kappa shape index (κ1) is 25.8. The van der Waals surface area contributed by atoms with E-state index in [1.165, 1.54) is 13.8 Å². The van der Waals surface area contributed by atoms with Gasteiger partial charge in [-0.25, -0.2) is 0 Å². The summed E-state index contributed by atoms with van der Waals surface area (Å²) >= 11 is 0. The summed E-state index contributed by atoms with van der Waals surface area (Å²) in [5, 5.41) is 2.53. The van der Waals surface area contributed by atoms with E-state index in [0.717, 1.165) is 13.8 Å². The third-order valence-electron chi connectivity index (χ3n) is 4.51. The van der Waals surface area contributed by atoms with E-state index in [2.05, 4.69) is 5.32 Å². The number of hydrogen-bond acceptors (Lipinski definition) is 10. The Morgan fingerprint density at radius 3 is 2.00 bits per heavy atom. The molecular formula is C22H27NO10. The number of amides is 1. The molecule has 1 aromatic carbocycles. The molecule has 1 N–H and O–H groups in total. The van der Waals surface area contributed by atoms with Gasteiger partial charge in [-0.2, -0.15) is 0 Å². The van der Waals surface area contributed by atoms with Gasteiger partial charge in [0.05, 0.1) is 6.42 Å². The lowest BCUT2D eigenvalue weighted by Gasteiger charge is -2.44. The van der Waals surface area contributed by atoms with Crippen molar-refractivity contribution in [2.24, 2.45) is 0 Å². The van der Waals surface area contributed by atoms with Crippen LogP contribution in [0.4, 0.5) is 0 Å². The molecule has 1 saturated heterocycles.